The zero-order valence-electron chi connectivity index (χ0n) is 19.5. The lowest BCUT2D eigenvalue weighted by Gasteiger charge is -2.41. The van der Waals surface area contributed by atoms with Crippen LogP contribution in [0.25, 0.3) is 0 Å². The van der Waals surface area contributed by atoms with Crippen molar-refractivity contribution in [1.29, 1.82) is 0 Å². The summed E-state index contributed by atoms with van der Waals surface area (Å²) >= 11 is 0. The maximum atomic E-state index is 13.0. The Kier molecular flexibility index (Phi) is 6.73. The fraction of sp³-hybridized carbons (Fsp3) is 0.708. The van der Waals surface area contributed by atoms with Crippen LogP contribution in [0.15, 0.2) is 29.2 Å². The minimum atomic E-state index is -3.52. The third kappa shape index (κ3) is 5.95. The van der Waals surface area contributed by atoms with Gasteiger partial charge in [-0.05, 0) is 69.7 Å². The maximum Gasteiger partial charge on any atom is 0.407 e. The van der Waals surface area contributed by atoms with E-state index in [1.54, 1.807) is 12.1 Å². The molecule has 1 aromatic carbocycles. The summed E-state index contributed by atoms with van der Waals surface area (Å²) in [6.07, 6.45) is 7.81. The van der Waals surface area contributed by atoms with Crippen molar-refractivity contribution in [2.75, 3.05) is 18.0 Å². The molecule has 4 rings (SSSR count). The summed E-state index contributed by atoms with van der Waals surface area (Å²) in [4.78, 5) is 14.3. The van der Waals surface area contributed by atoms with Crippen LogP contribution in [0.4, 0.5) is 10.5 Å². The predicted molar refractivity (Wildman–Crippen MR) is 125 cm³/mol. The number of amides is 1. The number of benzene rings is 1. The number of anilines is 1. The molecule has 0 spiro atoms. The Morgan fingerprint density at radius 3 is 2.34 bits per heavy atom. The molecule has 3 unspecified atom stereocenters. The number of hydrogen-bond donors (Lipinski definition) is 2. The molecule has 3 aliphatic rings. The van der Waals surface area contributed by atoms with Gasteiger partial charge in [-0.15, -0.1) is 0 Å². The summed E-state index contributed by atoms with van der Waals surface area (Å²) in [6, 6.07) is 7.17. The Morgan fingerprint density at radius 2 is 1.69 bits per heavy atom. The lowest BCUT2D eigenvalue weighted by Crippen LogP contribution is -2.60. The summed E-state index contributed by atoms with van der Waals surface area (Å²) in [5.41, 5.74) is 0.439. The van der Waals surface area contributed by atoms with Gasteiger partial charge in [0.05, 0.1) is 10.9 Å². The maximum absolute atomic E-state index is 13.0. The summed E-state index contributed by atoms with van der Waals surface area (Å²) < 4.78 is 34.3. The van der Waals surface area contributed by atoms with Gasteiger partial charge in [-0.1, -0.05) is 32.1 Å². The van der Waals surface area contributed by atoms with E-state index in [9.17, 15) is 13.2 Å². The van der Waals surface area contributed by atoms with E-state index in [0.29, 0.717) is 29.8 Å². The van der Waals surface area contributed by atoms with E-state index >= 15 is 0 Å². The molecular weight excluding hydrogens is 426 g/mol. The Morgan fingerprint density at radius 1 is 1.03 bits per heavy atom. The van der Waals surface area contributed by atoms with E-state index in [1.807, 2.05) is 32.9 Å². The van der Waals surface area contributed by atoms with Gasteiger partial charge in [0.1, 0.15) is 5.60 Å². The second kappa shape index (κ2) is 9.21. The highest BCUT2D eigenvalue weighted by atomic mass is 32.2. The standard InChI is InChI=1S/C24H37N3O4S/c1-24(2,3)31-23(28)25-18-15-27(16-18)19-10-12-20(13-11-19)32(29,30)26-22-9-7-5-4-6-8-17-14-21(17)22/h10-13,17-18,21-22,26H,4-9,14-16H2,1-3H3,(H,25,28). The molecule has 0 aromatic heterocycles. The lowest BCUT2D eigenvalue weighted by atomic mass is 10.1. The molecule has 8 heteroatoms. The number of sulfonamides is 1. The number of nitrogens with zero attached hydrogens (tertiary/aromatic N) is 1. The minimum Gasteiger partial charge on any atom is -0.444 e. The third-order valence-corrected chi connectivity index (χ3v) is 8.26. The molecule has 3 atom stereocenters. The second-order valence-corrected chi connectivity index (χ2v) is 12.3. The van der Waals surface area contributed by atoms with Crippen LogP contribution in [-0.2, 0) is 14.8 Å². The summed E-state index contributed by atoms with van der Waals surface area (Å²) in [5.74, 6) is 1.22. The molecular formula is C24H37N3O4S. The van der Waals surface area contributed by atoms with Gasteiger partial charge in [0.15, 0.2) is 0 Å². The highest BCUT2D eigenvalue weighted by Gasteiger charge is 2.43. The fourth-order valence-corrected chi connectivity index (χ4v) is 6.26. The van der Waals surface area contributed by atoms with Gasteiger partial charge >= 0.3 is 6.09 Å². The first kappa shape index (κ1) is 23.4. The zero-order chi connectivity index (χ0) is 22.9. The van der Waals surface area contributed by atoms with Crippen molar-refractivity contribution in [3.63, 3.8) is 0 Å². The van der Waals surface area contributed by atoms with E-state index in [2.05, 4.69) is 14.9 Å². The molecule has 1 amide bonds. The number of hydrogen-bond acceptors (Lipinski definition) is 5. The van der Waals surface area contributed by atoms with E-state index < -0.39 is 21.7 Å². The topological polar surface area (TPSA) is 87.7 Å². The number of fused-ring (bicyclic) bond motifs is 1. The third-order valence-electron chi connectivity index (χ3n) is 6.76. The molecule has 2 saturated carbocycles. The van der Waals surface area contributed by atoms with Crippen molar-refractivity contribution < 1.29 is 17.9 Å². The van der Waals surface area contributed by atoms with Crippen LogP contribution in [0.2, 0.25) is 0 Å². The fourth-order valence-electron chi connectivity index (χ4n) is 4.94. The van der Waals surface area contributed by atoms with Gasteiger partial charge in [0, 0.05) is 24.8 Å². The number of carbonyl (C=O) groups is 1. The zero-order valence-corrected chi connectivity index (χ0v) is 20.3. The molecule has 0 radical (unpaired) electrons. The summed E-state index contributed by atoms with van der Waals surface area (Å²) in [6.45, 7) is 6.87. The molecule has 3 fully saturated rings. The van der Waals surface area contributed by atoms with E-state index in [0.717, 1.165) is 18.5 Å². The largest absolute Gasteiger partial charge is 0.444 e. The van der Waals surface area contributed by atoms with Gasteiger partial charge in [-0.3, -0.25) is 0 Å². The number of ether oxygens (including phenoxy) is 1. The highest BCUT2D eigenvalue weighted by molar-refractivity contribution is 7.89. The highest BCUT2D eigenvalue weighted by Crippen LogP contribution is 2.47. The van der Waals surface area contributed by atoms with Crippen molar-refractivity contribution in [1.82, 2.24) is 10.0 Å². The van der Waals surface area contributed by atoms with Crippen molar-refractivity contribution >= 4 is 21.8 Å². The van der Waals surface area contributed by atoms with Gasteiger partial charge in [0.2, 0.25) is 10.0 Å². The van der Waals surface area contributed by atoms with E-state index in [1.165, 1.54) is 32.1 Å². The van der Waals surface area contributed by atoms with Crippen LogP contribution in [0, 0.1) is 11.8 Å². The molecule has 1 aliphatic heterocycles. The second-order valence-electron chi connectivity index (χ2n) is 10.6. The van der Waals surface area contributed by atoms with Crippen molar-refractivity contribution in [3.05, 3.63) is 24.3 Å². The van der Waals surface area contributed by atoms with Crippen molar-refractivity contribution in [2.24, 2.45) is 11.8 Å². The molecule has 7 nitrogen and oxygen atoms in total. The minimum absolute atomic E-state index is 0.0322. The first-order valence-electron chi connectivity index (χ1n) is 12.0. The van der Waals surface area contributed by atoms with Gasteiger partial charge in [-0.2, -0.15) is 0 Å². The normalized spacial score (nSPS) is 26.7. The van der Waals surface area contributed by atoms with Crippen LogP contribution >= 0.6 is 0 Å². The van der Waals surface area contributed by atoms with Crippen molar-refractivity contribution in [3.8, 4) is 0 Å². The number of carbonyl (C=O) groups excluding carboxylic acids is 1. The first-order valence-corrected chi connectivity index (χ1v) is 13.5. The van der Waals surface area contributed by atoms with Gasteiger partial charge < -0.3 is 15.0 Å². The molecule has 0 bridgehead atoms. The molecule has 1 aromatic rings. The molecule has 178 valence electrons. The first-order chi connectivity index (χ1) is 15.1. The molecule has 2 N–H and O–H groups in total. The van der Waals surface area contributed by atoms with Crippen LogP contribution in [-0.4, -0.2) is 45.3 Å². The van der Waals surface area contributed by atoms with Crippen LogP contribution in [0.5, 0.6) is 0 Å². The number of rotatable bonds is 5. The van der Waals surface area contributed by atoms with E-state index in [4.69, 9.17) is 4.74 Å². The average molecular weight is 464 g/mol. The van der Waals surface area contributed by atoms with E-state index in [-0.39, 0.29) is 12.1 Å². The molecule has 32 heavy (non-hydrogen) atoms. The SMILES string of the molecule is CC(C)(C)OC(=O)NC1CN(c2ccc(S(=O)(=O)NC3CCCCCCC4CC43)cc2)C1. The Hall–Kier alpha value is -1.80. The molecule has 2 aliphatic carbocycles. The summed E-state index contributed by atoms with van der Waals surface area (Å²) in [5, 5.41) is 2.87. The van der Waals surface area contributed by atoms with Gasteiger partial charge in [-0.25, -0.2) is 17.9 Å². The summed E-state index contributed by atoms with van der Waals surface area (Å²) in [7, 11) is -3.52. The van der Waals surface area contributed by atoms with Crippen LogP contribution in [0.1, 0.15) is 65.7 Å². The molecule has 1 heterocycles. The number of nitrogens with one attached hydrogen (secondary N) is 2. The van der Waals surface area contributed by atoms with Crippen LogP contribution < -0.4 is 14.9 Å². The molecule has 1 saturated heterocycles. The smallest absolute Gasteiger partial charge is 0.407 e. The average Bonchev–Trinajstić information content (AvgIpc) is 3.43. The Balaban J connectivity index is 1.30. The van der Waals surface area contributed by atoms with Crippen molar-refractivity contribution in [2.45, 2.75) is 88.3 Å². The quantitative estimate of drug-likeness (QED) is 0.688. The lowest BCUT2D eigenvalue weighted by molar-refractivity contribution is 0.0496. The van der Waals surface area contributed by atoms with Crippen LogP contribution in [0.3, 0.4) is 0 Å². The Labute approximate surface area is 192 Å². The predicted octanol–water partition coefficient (Wildman–Crippen LogP) is 4.04. The Bertz CT molecular complexity index is 904. The monoisotopic (exact) mass is 463 g/mol. The van der Waals surface area contributed by atoms with Gasteiger partial charge in [0.25, 0.3) is 0 Å². The number of alkyl carbamates (subject to hydrolysis) is 1.